The Balaban J connectivity index is 6.60. The monoisotopic (exact) mass is 484 g/mol. The normalized spacial score (nSPS) is 14.5. The van der Waals surface area contributed by atoms with Gasteiger partial charge in [0.25, 0.3) is 0 Å². The zero-order chi connectivity index (χ0) is 23.2. The molecule has 0 aliphatic heterocycles. The van der Waals surface area contributed by atoms with Gasteiger partial charge in [-0.15, -0.1) is 0 Å². The fourth-order valence-corrected chi connectivity index (χ4v) is 10.8. The van der Waals surface area contributed by atoms with E-state index in [4.69, 9.17) is 44.5 Å². The van der Waals surface area contributed by atoms with Gasteiger partial charge in [-0.25, -0.2) is 0 Å². The van der Waals surface area contributed by atoms with Crippen molar-refractivity contribution in [3.63, 3.8) is 0 Å². The van der Waals surface area contributed by atoms with Crippen molar-refractivity contribution in [1.29, 1.82) is 0 Å². The molecule has 2 atom stereocenters. The van der Waals surface area contributed by atoms with E-state index >= 15 is 0 Å². The molecule has 2 unspecified atom stereocenters. The maximum absolute atomic E-state index is 6.33. The van der Waals surface area contributed by atoms with Crippen molar-refractivity contribution in [3.8, 4) is 0 Å². The molecule has 180 valence electrons. The second-order valence-electron chi connectivity index (χ2n) is 6.40. The van der Waals surface area contributed by atoms with Crippen molar-refractivity contribution in [2.45, 2.75) is 79.6 Å². The van der Waals surface area contributed by atoms with Crippen LogP contribution in [0.15, 0.2) is 0 Å². The first-order valence-corrected chi connectivity index (χ1v) is 15.3. The number of nitrogens with two attached hydrogens (primary N) is 1. The van der Waals surface area contributed by atoms with Gasteiger partial charge < -0.3 is 37.2 Å². The summed E-state index contributed by atoms with van der Waals surface area (Å²) >= 11 is 5.56. The molecule has 0 spiro atoms. The van der Waals surface area contributed by atoms with Crippen LogP contribution in [-0.2, 0) is 26.6 Å². The number of thiocarbonyl (C=S) groups is 1. The van der Waals surface area contributed by atoms with Gasteiger partial charge in [-0.3, -0.25) is 0 Å². The lowest BCUT2D eigenvalue weighted by atomic mass is 10.3. The third-order valence-corrected chi connectivity index (χ3v) is 12.0. The molecule has 0 aliphatic rings. The molecule has 0 radical (unpaired) electrons. The fraction of sp³-hybridized carbons (Fsp3) is 0.947. The summed E-state index contributed by atoms with van der Waals surface area (Å²) in [4.78, 5) is 1.97. The second kappa shape index (κ2) is 15.6. The first-order valence-electron chi connectivity index (χ1n) is 11.2. The highest BCUT2D eigenvalue weighted by Crippen LogP contribution is 2.31. The molecule has 0 amide bonds. The van der Waals surface area contributed by atoms with Crippen LogP contribution in [0.5, 0.6) is 0 Å². The SMILES string of the molecule is CCO[Si](OCC)(OCC)C(CC)N(C(N)=S)C(CC)[Si](OCC)(OCC)OCC. The Labute approximate surface area is 191 Å². The third kappa shape index (κ3) is 7.49. The van der Waals surface area contributed by atoms with Gasteiger partial charge in [0, 0.05) is 39.6 Å². The zero-order valence-electron chi connectivity index (χ0n) is 20.2. The highest BCUT2D eigenvalue weighted by atomic mass is 32.1. The summed E-state index contributed by atoms with van der Waals surface area (Å²) < 4.78 is 37.3. The van der Waals surface area contributed by atoms with Gasteiger partial charge in [0.1, 0.15) is 11.3 Å². The van der Waals surface area contributed by atoms with E-state index in [1.165, 1.54) is 0 Å². The molecule has 0 heterocycles. The summed E-state index contributed by atoms with van der Waals surface area (Å²) in [6.07, 6.45) is 1.35. The predicted octanol–water partition coefficient (Wildman–Crippen LogP) is 3.26. The summed E-state index contributed by atoms with van der Waals surface area (Å²) in [5, 5.41) is 0.237. The van der Waals surface area contributed by atoms with Crippen LogP contribution in [0.1, 0.15) is 68.2 Å². The molecule has 11 heteroatoms. The Kier molecular flexibility index (Phi) is 15.6. The van der Waals surface area contributed by atoms with Crippen LogP contribution in [-0.4, -0.2) is 78.6 Å². The summed E-state index contributed by atoms with van der Waals surface area (Å²) in [6, 6.07) is 0. The van der Waals surface area contributed by atoms with Crippen LogP contribution in [0.4, 0.5) is 0 Å². The first kappa shape index (κ1) is 29.9. The second-order valence-corrected chi connectivity index (χ2v) is 12.3. The van der Waals surface area contributed by atoms with E-state index in [9.17, 15) is 0 Å². The molecule has 0 saturated heterocycles. The van der Waals surface area contributed by atoms with Crippen molar-refractivity contribution in [1.82, 2.24) is 4.90 Å². The van der Waals surface area contributed by atoms with Gasteiger partial charge in [-0.2, -0.15) is 0 Å². The lowest BCUT2D eigenvalue weighted by molar-refractivity contribution is 0.0214. The van der Waals surface area contributed by atoms with Crippen LogP contribution in [0.3, 0.4) is 0 Å². The molecule has 0 aromatic carbocycles. The highest BCUT2D eigenvalue weighted by Gasteiger charge is 2.59. The predicted molar refractivity (Wildman–Crippen MR) is 128 cm³/mol. The summed E-state index contributed by atoms with van der Waals surface area (Å²) in [7, 11) is -6.33. The summed E-state index contributed by atoms with van der Waals surface area (Å²) in [5.74, 6) is 0. The minimum atomic E-state index is -3.16. The summed E-state index contributed by atoms with van der Waals surface area (Å²) in [6.45, 7) is 18.6. The van der Waals surface area contributed by atoms with Crippen molar-refractivity contribution in [3.05, 3.63) is 0 Å². The van der Waals surface area contributed by atoms with E-state index in [0.29, 0.717) is 52.5 Å². The van der Waals surface area contributed by atoms with Crippen molar-refractivity contribution in [2.75, 3.05) is 39.6 Å². The molecular formula is C19H44N2O6SSi2. The standard InChI is InChI=1S/C19H44N2O6SSi2/c1-9-17(29(22-11-3,23-12-4)24-13-5)21(19(20)28)18(10-2)30(25-14-6,26-15-7)27-16-8/h17-18H,9-16H2,1-8H3,(H2,20,28). The molecule has 0 aromatic heterocycles. The Morgan fingerprint density at radius 1 is 0.633 bits per heavy atom. The number of nitrogens with zero attached hydrogens (tertiary/aromatic N) is 1. The fourth-order valence-electron chi connectivity index (χ4n) is 3.79. The number of hydrogen-bond acceptors (Lipinski definition) is 7. The molecule has 0 rings (SSSR count). The summed E-state index contributed by atoms with van der Waals surface area (Å²) in [5.41, 5.74) is 5.76. The van der Waals surface area contributed by atoms with Gasteiger partial charge in [0.2, 0.25) is 0 Å². The lowest BCUT2D eigenvalue weighted by Gasteiger charge is -2.48. The van der Waals surface area contributed by atoms with Gasteiger partial charge >= 0.3 is 17.6 Å². The van der Waals surface area contributed by atoms with E-state index in [2.05, 4.69) is 13.8 Å². The van der Waals surface area contributed by atoms with E-state index in [-0.39, 0.29) is 16.4 Å². The van der Waals surface area contributed by atoms with Crippen molar-refractivity contribution in [2.24, 2.45) is 5.73 Å². The van der Waals surface area contributed by atoms with Crippen LogP contribution in [0.25, 0.3) is 0 Å². The van der Waals surface area contributed by atoms with Gasteiger partial charge in [0.15, 0.2) is 5.11 Å². The number of hydrogen-bond donors (Lipinski definition) is 1. The van der Waals surface area contributed by atoms with E-state index in [1.807, 2.05) is 46.4 Å². The Bertz CT molecular complexity index is 410. The molecule has 0 aliphatic carbocycles. The van der Waals surface area contributed by atoms with Crippen LogP contribution < -0.4 is 5.73 Å². The smallest absolute Gasteiger partial charge is 0.376 e. The molecule has 0 fully saturated rings. The average Bonchev–Trinajstić information content (AvgIpc) is 2.69. The minimum absolute atomic E-state index is 0.237. The molecular weight excluding hydrogens is 440 g/mol. The maximum atomic E-state index is 6.33. The van der Waals surface area contributed by atoms with Crippen molar-refractivity contribution < 1.29 is 26.6 Å². The Morgan fingerprint density at radius 3 is 1.00 bits per heavy atom. The van der Waals surface area contributed by atoms with E-state index < -0.39 is 17.6 Å². The third-order valence-electron chi connectivity index (χ3n) is 4.59. The zero-order valence-corrected chi connectivity index (χ0v) is 23.0. The molecule has 30 heavy (non-hydrogen) atoms. The van der Waals surface area contributed by atoms with Gasteiger partial charge in [-0.1, -0.05) is 13.8 Å². The van der Waals surface area contributed by atoms with Crippen LogP contribution in [0, 0.1) is 0 Å². The Hall–Kier alpha value is -0.116. The van der Waals surface area contributed by atoms with Gasteiger partial charge in [-0.05, 0) is 66.6 Å². The van der Waals surface area contributed by atoms with E-state index in [1.54, 1.807) is 0 Å². The maximum Gasteiger partial charge on any atom is 0.524 e. The van der Waals surface area contributed by atoms with Crippen molar-refractivity contribution >= 4 is 34.9 Å². The quantitative estimate of drug-likeness (QED) is 0.233. The topological polar surface area (TPSA) is 84.6 Å². The lowest BCUT2D eigenvalue weighted by Crippen LogP contribution is -2.72. The highest BCUT2D eigenvalue weighted by molar-refractivity contribution is 7.80. The largest absolute Gasteiger partial charge is 0.524 e. The van der Waals surface area contributed by atoms with Crippen LogP contribution >= 0.6 is 12.2 Å². The van der Waals surface area contributed by atoms with E-state index in [0.717, 1.165) is 0 Å². The first-order chi connectivity index (χ1) is 14.3. The Morgan fingerprint density at radius 2 is 0.867 bits per heavy atom. The molecule has 2 N–H and O–H groups in total. The van der Waals surface area contributed by atoms with Crippen LogP contribution in [0.2, 0.25) is 0 Å². The molecule has 0 saturated carbocycles. The number of rotatable bonds is 18. The molecule has 0 aromatic rings. The minimum Gasteiger partial charge on any atom is -0.376 e. The van der Waals surface area contributed by atoms with Gasteiger partial charge in [0.05, 0.1) is 0 Å². The average molecular weight is 485 g/mol. The molecule has 8 nitrogen and oxygen atoms in total. The molecule has 0 bridgehead atoms.